The summed E-state index contributed by atoms with van der Waals surface area (Å²) in [6.07, 6.45) is 4.33. The number of β-amino-alcohol motifs (C(OH)–C–C–N with tert-alkyl or cyclic N) is 1. The average molecular weight is 384 g/mol. The van der Waals surface area contributed by atoms with Crippen molar-refractivity contribution >= 4 is 22.5 Å². The fourth-order valence-corrected chi connectivity index (χ4v) is 4.20. The van der Waals surface area contributed by atoms with Gasteiger partial charge in [-0.25, -0.2) is 14.5 Å². The molecule has 0 unspecified atom stereocenters. The molecule has 9 heteroatoms. The van der Waals surface area contributed by atoms with Crippen molar-refractivity contribution in [1.29, 1.82) is 0 Å². The molecular weight excluding hydrogens is 364 g/mol. The highest BCUT2D eigenvalue weighted by Crippen LogP contribution is 2.32. The Labute approximate surface area is 160 Å². The zero-order valence-corrected chi connectivity index (χ0v) is 15.8. The largest absolute Gasteiger partial charge is 0.389 e. The Morgan fingerprint density at radius 1 is 1.33 bits per heavy atom. The number of benzene rings is 1. The van der Waals surface area contributed by atoms with Gasteiger partial charge in [-0.15, -0.1) is 5.10 Å². The van der Waals surface area contributed by atoms with E-state index in [4.69, 9.17) is 0 Å². The van der Waals surface area contributed by atoms with E-state index in [1.54, 1.807) is 28.2 Å². The SMILES string of the molecule is Cc1ccc(-c2cnc(NC(=O)N3C[C@@H](O)[C@H](n4ccnn4)C3)s2)c(C)c1. The third-order valence-electron chi connectivity index (χ3n) is 4.69. The highest BCUT2D eigenvalue weighted by molar-refractivity contribution is 7.19. The van der Waals surface area contributed by atoms with E-state index in [2.05, 4.69) is 52.7 Å². The van der Waals surface area contributed by atoms with Crippen molar-refractivity contribution in [3.05, 3.63) is 47.9 Å². The molecule has 4 rings (SSSR count). The number of nitrogens with zero attached hydrogens (tertiary/aromatic N) is 5. The summed E-state index contributed by atoms with van der Waals surface area (Å²) in [5.74, 6) is 0. The molecule has 140 valence electrons. The average Bonchev–Trinajstić information content (AvgIpc) is 3.35. The first-order chi connectivity index (χ1) is 13.0. The van der Waals surface area contributed by atoms with Crippen molar-refractivity contribution in [3.63, 3.8) is 0 Å². The maximum absolute atomic E-state index is 12.6. The van der Waals surface area contributed by atoms with E-state index >= 15 is 0 Å². The molecule has 0 radical (unpaired) electrons. The minimum atomic E-state index is -0.681. The standard InChI is InChI=1S/C18H20N6O2S/c1-11-3-4-13(12(2)7-11)16-8-19-17(27-16)21-18(26)23-9-14(15(25)10-23)24-6-5-20-22-24/h3-8,14-15,25H,9-10H2,1-2H3,(H,19,21,26)/t14-,15-/m1/s1. The number of aliphatic hydroxyl groups excluding tert-OH is 1. The van der Waals surface area contributed by atoms with E-state index < -0.39 is 6.10 Å². The van der Waals surface area contributed by atoms with Gasteiger partial charge in [-0.3, -0.25) is 5.32 Å². The number of carbonyl (C=O) groups is 1. The first-order valence-electron chi connectivity index (χ1n) is 8.64. The first-order valence-corrected chi connectivity index (χ1v) is 9.46. The van der Waals surface area contributed by atoms with Crippen molar-refractivity contribution in [2.24, 2.45) is 0 Å². The molecule has 2 amide bonds. The molecule has 1 saturated heterocycles. The van der Waals surface area contributed by atoms with Crippen LogP contribution in [0.3, 0.4) is 0 Å². The summed E-state index contributed by atoms with van der Waals surface area (Å²) >= 11 is 1.43. The molecule has 1 aromatic carbocycles. The second kappa shape index (κ2) is 7.09. The summed E-state index contributed by atoms with van der Waals surface area (Å²) in [6, 6.07) is 5.70. The Hall–Kier alpha value is -2.78. The fourth-order valence-electron chi connectivity index (χ4n) is 3.31. The van der Waals surface area contributed by atoms with Crippen LogP contribution in [0.25, 0.3) is 10.4 Å². The van der Waals surface area contributed by atoms with Gasteiger partial charge in [-0.1, -0.05) is 40.3 Å². The molecule has 2 aromatic heterocycles. The lowest BCUT2D eigenvalue weighted by Crippen LogP contribution is -2.33. The molecule has 0 bridgehead atoms. The van der Waals surface area contributed by atoms with Crippen LogP contribution in [-0.4, -0.2) is 55.2 Å². The number of carbonyl (C=O) groups excluding carboxylic acids is 1. The van der Waals surface area contributed by atoms with Crippen LogP contribution in [0.1, 0.15) is 17.2 Å². The van der Waals surface area contributed by atoms with Crippen LogP contribution >= 0.6 is 11.3 Å². The molecule has 3 aromatic rings. The van der Waals surface area contributed by atoms with Gasteiger partial charge in [0.05, 0.1) is 29.8 Å². The number of likely N-dealkylation sites (tertiary alicyclic amines) is 1. The molecule has 8 nitrogen and oxygen atoms in total. The lowest BCUT2D eigenvalue weighted by atomic mass is 10.1. The minimum absolute atomic E-state index is 0.242. The Morgan fingerprint density at radius 2 is 2.19 bits per heavy atom. The van der Waals surface area contributed by atoms with E-state index in [1.807, 2.05) is 0 Å². The predicted octanol–water partition coefficient (Wildman–Crippen LogP) is 2.47. The molecule has 1 aliphatic rings. The van der Waals surface area contributed by atoms with Crippen LogP contribution < -0.4 is 5.32 Å². The number of amides is 2. The summed E-state index contributed by atoms with van der Waals surface area (Å²) < 4.78 is 1.58. The molecule has 0 aliphatic carbocycles. The van der Waals surface area contributed by atoms with Gasteiger partial charge in [0.25, 0.3) is 0 Å². The van der Waals surface area contributed by atoms with Crippen LogP contribution in [0, 0.1) is 13.8 Å². The van der Waals surface area contributed by atoms with Crippen molar-refractivity contribution in [2.75, 3.05) is 18.4 Å². The predicted molar refractivity (Wildman–Crippen MR) is 103 cm³/mol. The summed E-state index contributed by atoms with van der Waals surface area (Å²) in [4.78, 5) is 19.5. The van der Waals surface area contributed by atoms with Crippen molar-refractivity contribution in [3.8, 4) is 10.4 Å². The normalized spacial score (nSPS) is 19.4. The third-order valence-corrected chi connectivity index (χ3v) is 5.64. The highest BCUT2D eigenvalue weighted by atomic mass is 32.1. The van der Waals surface area contributed by atoms with Gasteiger partial charge < -0.3 is 10.0 Å². The van der Waals surface area contributed by atoms with E-state index in [9.17, 15) is 9.90 Å². The van der Waals surface area contributed by atoms with Gasteiger partial charge in [0.2, 0.25) is 0 Å². The van der Waals surface area contributed by atoms with E-state index in [-0.39, 0.29) is 18.6 Å². The number of aryl methyl sites for hydroxylation is 2. The van der Waals surface area contributed by atoms with Gasteiger partial charge in [-0.2, -0.15) is 0 Å². The highest BCUT2D eigenvalue weighted by Gasteiger charge is 2.36. The molecule has 3 heterocycles. The van der Waals surface area contributed by atoms with Gasteiger partial charge in [0.15, 0.2) is 5.13 Å². The van der Waals surface area contributed by atoms with Crippen LogP contribution in [0.5, 0.6) is 0 Å². The lowest BCUT2D eigenvalue weighted by molar-refractivity contribution is 0.139. The number of hydrogen-bond donors (Lipinski definition) is 2. The minimum Gasteiger partial charge on any atom is -0.389 e. The van der Waals surface area contributed by atoms with Gasteiger partial charge in [0.1, 0.15) is 0 Å². The van der Waals surface area contributed by atoms with Gasteiger partial charge >= 0.3 is 6.03 Å². The Balaban J connectivity index is 1.44. The van der Waals surface area contributed by atoms with E-state index in [1.165, 1.54) is 22.5 Å². The molecule has 1 fully saturated rings. The smallest absolute Gasteiger partial charge is 0.323 e. The van der Waals surface area contributed by atoms with Crippen molar-refractivity contribution < 1.29 is 9.90 Å². The molecule has 2 atom stereocenters. The Kier molecular flexibility index (Phi) is 4.63. The molecule has 1 aliphatic heterocycles. The molecular formula is C18H20N6O2S. The van der Waals surface area contributed by atoms with Gasteiger partial charge in [0, 0.05) is 18.9 Å². The first kappa shape index (κ1) is 17.6. The zero-order valence-electron chi connectivity index (χ0n) is 15.0. The number of aromatic nitrogens is 4. The molecule has 0 spiro atoms. The van der Waals surface area contributed by atoms with Gasteiger partial charge in [-0.05, 0) is 25.0 Å². The monoisotopic (exact) mass is 384 g/mol. The topological polar surface area (TPSA) is 96.2 Å². The van der Waals surface area contributed by atoms with E-state index in [0.29, 0.717) is 11.7 Å². The van der Waals surface area contributed by atoms with E-state index in [0.717, 1.165) is 10.4 Å². The van der Waals surface area contributed by atoms with Crippen LogP contribution in [0.4, 0.5) is 9.93 Å². The molecule has 0 saturated carbocycles. The van der Waals surface area contributed by atoms with Crippen LogP contribution in [-0.2, 0) is 0 Å². The second-order valence-corrected chi connectivity index (χ2v) is 7.73. The maximum atomic E-state index is 12.6. The second-order valence-electron chi connectivity index (χ2n) is 6.70. The number of hydrogen-bond acceptors (Lipinski definition) is 6. The number of rotatable bonds is 3. The summed E-state index contributed by atoms with van der Waals surface area (Å²) in [5, 5.41) is 21.3. The third kappa shape index (κ3) is 3.56. The summed E-state index contributed by atoms with van der Waals surface area (Å²) in [7, 11) is 0. The molecule has 2 N–H and O–H groups in total. The Morgan fingerprint density at radius 3 is 2.93 bits per heavy atom. The zero-order chi connectivity index (χ0) is 19.0. The quantitative estimate of drug-likeness (QED) is 0.723. The number of nitrogens with one attached hydrogen (secondary N) is 1. The van der Waals surface area contributed by atoms with Crippen molar-refractivity contribution in [2.45, 2.75) is 26.0 Å². The van der Waals surface area contributed by atoms with Crippen molar-refractivity contribution in [1.82, 2.24) is 24.9 Å². The number of aliphatic hydroxyl groups is 1. The number of urea groups is 1. The number of anilines is 1. The maximum Gasteiger partial charge on any atom is 0.323 e. The summed E-state index contributed by atoms with van der Waals surface area (Å²) in [5.41, 5.74) is 3.50. The molecule has 27 heavy (non-hydrogen) atoms. The lowest BCUT2D eigenvalue weighted by Gasteiger charge is -2.15. The van der Waals surface area contributed by atoms with Crippen LogP contribution in [0.15, 0.2) is 36.8 Å². The number of thiazole rings is 1. The fraction of sp³-hybridized carbons (Fsp3) is 0.333. The Bertz CT molecular complexity index is 955. The summed E-state index contributed by atoms with van der Waals surface area (Å²) in [6.45, 7) is 4.74. The van der Waals surface area contributed by atoms with Crippen LogP contribution in [0.2, 0.25) is 0 Å².